The molecule has 0 spiro atoms. The lowest BCUT2D eigenvalue weighted by atomic mass is 10.1. The largest absolute Gasteiger partial charge is 0.416 e. The maximum Gasteiger partial charge on any atom is 0.416 e. The summed E-state index contributed by atoms with van der Waals surface area (Å²) in [5.41, 5.74) is 1.41. The van der Waals surface area contributed by atoms with Crippen LogP contribution in [0.2, 0.25) is 0 Å². The monoisotopic (exact) mass is 460 g/mol. The third kappa shape index (κ3) is 5.13. The summed E-state index contributed by atoms with van der Waals surface area (Å²) < 4.78 is 40.5. The molecular weight excluding hydrogens is 433 g/mol. The summed E-state index contributed by atoms with van der Waals surface area (Å²) in [6.07, 6.45) is -3.76. The number of hydrogen-bond acceptors (Lipinski definition) is 4. The van der Waals surface area contributed by atoms with Crippen LogP contribution in [0.15, 0.2) is 36.4 Å². The summed E-state index contributed by atoms with van der Waals surface area (Å²) in [6.45, 7) is 5.95. The summed E-state index contributed by atoms with van der Waals surface area (Å²) in [7, 11) is 2.08. The molecule has 0 unspecified atom stereocenters. The minimum absolute atomic E-state index is 0.0969. The van der Waals surface area contributed by atoms with Gasteiger partial charge in [0.05, 0.1) is 5.56 Å². The summed E-state index contributed by atoms with van der Waals surface area (Å²) in [5.74, 6) is -0.888. The molecule has 0 saturated carbocycles. The Kier molecular flexibility index (Phi) is 6.34. The highest BCUT2D eigenvalue weighted by atomic mass is 19.4. The molecule has 2 amide bonds. The van der Waals surface area contributed by atoms with Crippen LogP contribution in [0.4, 0.5) is 30.2 Å². The van der Waals surface area contributed by atoms with E-state index >= 15 is 0 Å². The van der Waals surface area contributed by atoms with Crippen molar-refractivity contribution in [1.29, 1.82) is 0 Å². The maximum atomic E-state index is 13.5. The first kappa shape index (κ1) is 23.1. The standard InChI is InChI=1S/C24H27F3N4O2/c1-16-12-19(30-10-8-29(2)9-11-30)5-6-21(16)28-23(33)17-13-18(24(25,26)27)15-20(14-17)31-7-3-4-22(31)32/h5-6,12-15H,3-4,7-11H2,1-2H3,(H,28,33). The molecule has 0 radical (unpaired) electrons. The van der Waals surface area contributed by atoms with Crippen molar-refractivity contribution in [2.75, 3.05) is 54.9 Å². The number of aryl methyl sites for hydroxylation is 1. The third-order valence-electron chi connectivity index (χ3n) is 6.22. The molecule has 2 saturated heterocycles. The Morgan fingerprint density at radius 2 is 1.70 bits per heavy atom. The lowest BCUT2D eigenvalue weighted by Crippen LogP contribution is -2.44. The van der Waals surface area contributed by atoms with Gasteiger partial charge in [0.1, 0.15) is 0 Å². The molecule has 2 heterocycles. The van der Waals surface area contributed by atoms with Crippen molar-refractivity contribution in [3.05, 3.63) is 53.1 Å². The lowest BCUT2D eigenvalue weighted by molar-refractivity contribution is -0.137. The minimum Gasteiger partial charge on any atom is -0.369 e. The van der Waals surface area contributed by atoms with Gasteiger partial charge < -0.3 is 20.0 Å². The van der Waals surface area contributed by atoms with Gasteiger partial charge in [-0.3, -0.25) is 9.59 Å². The third-order valence-corrected chi connectivity index (χ3v) is 6.22. The van der Waals surface area contributed by atoms with Crippen LogP contribution in [0.5, 0.6) is 0 Å². The Morgan fingerprint density at radius 1 is 0.970 bits per heavy atom. The number of benzene rings is 2. The highest BCUT2D eigenvalue weighted by Crippen LogP contribution is 2.34. The normalized spacial score (nSPS) is 17.5. The van der Waals surface area contributed by atoms with E-state index < -0.39 is 17.6 Å². The van der Waals surface area contributed by atoms with E-state index in [1.807, 2.05) is 19.1 Å². The molecule has 4 rings (SSSR count). The Morgan fingerprint density at radius 3 is 2.30 bits per heavy atom. The number of anilines is 3. The van der Waals surface area contributed by atoms with Crippen molar-refractivity contribution in [3.63, 3.8) is 0 Å². The molecule has 2 aromatic carbocycles. The first-order valence-electron chi connectivity index (χ1n) is 11.0. The predicted molar refractivity (Wildman–Crippen MR) is 122 cm³/mol. The summed E-state index contributed by atoms with van der Waals surface area (Å²) in [5, 5.41) is 2.73. The molecular formula is C24H27F3N4O2. The van der Waals surface area contributed by atoms with Crippen LogP contribution in [-0.2, 0) is 11.0 Å². The van der Waals surface area contributed by atoms with Crippen LogP contribution >= 0.6 is 0 Å². The topological polar surface area (TPSA) is 55.9 Å². The van der Waals surface area contributed by atoms with E-state index in [9.17, 15) is 22.8 Å². The molecule has 2 fully saturated rings. The van der Waals surface area contributed by atoms with Crippen LogP contribution in [-0.4, -0.2) is 56.5 Å². The van der Waals surface area contributed by atoms with Gasteiger partial charge in [0.25, 0.3) is 5.91 Å². The molecule has 0 atom stereocenters. The summed E-state index contributed by atoms with van der Waals surface area (Å²) in [4.78, 5) is 30.8. The van der Waals surface area contributed by atoms with E-state index in [1.165, 1.54) is 11.0 Å². The quantitative estimate of drug-likeness (QED) is 0.745. The highest BCUT2D eigenvalue weighted by Gasteiger charge is 2.33. The second-order valence-electron chi connectivity index (χ2n) is 8.66. The van der Waals surface area contributed by atoms with Gasteiger partial charge >= 0.3 is 6.18 Å². The molecule has 0 bridgehead atoms. The number of rotatable bonds is 4. The van der Waals surface area contributed by atoms with Gasteiger partial charge in [-0.1, -0.05) is 0 Å². The van der Waals surface area contributed by atoms with Gasteiger partial charge in [0.2, 0.25) is 5.91 Å². The van der Waals surface area contributed by atoms with E-state index in [4.69, 9.17) is 0 Å². The molecule has 176 valence electrons. The van der Waals surface area contributed by atoms with E-state index in [1.54, 1.807) is 6.07 Å². The number of amides is 2. The molecule has 0 aliphatic carbocycles. The van der Waals surface area contributed by atoms with Crippen molar-refractivity contribution < 1.29 is 22.8 Å². The summed E-state index contributed by atoms with van der Waals surface area (Å²) >= 11 is 0. The van der Waals surface area contributed by atoms with Crippen molar-refractivity contribution in [2.45, 2.75) is 25.9 Å². The van der Waals surface area contributed by atoms with Crippen molar-refractivity contribution in [3.8, 4) is 0 Å². The van der Waals surface area contributed by atoms with Crippen molar-refractivity contribution in [1.82, 2.24) is 4.90 Å². The number of nitrogens with zero attached hydrogens (tertiary/aromatic N) is 3. The fourth-order valence-corrected chi connectivity index (χ4v) is 4.23. The molecule has 6 nitrogen and oxygen atoms in total. The second kappa shape index (κ2) is 9.05. The smallest absolute Gasteiger partial charge is 0.369 e. The van der Waals surface area contributed by atoms with Gasteiger partial charge in [-0.2, -0.15) is 13.2 Å². The zero-order chi connectivity index (χ0) is 23.8. The van der Waals surface area contributed by atoms with Crippen LogP contribution in [0.3, 0.4) is 0 Å². The SMILES string of the molecule is Cc1cc(N2CCN(C)CC2)ccc1NC(=O)c1cc(N2CCCC2=O)cc(C(F)(F)F)c1. The number of carbonyl (C=O) groups is 2. The van der Waals surface area contributed by atoms with Gasteiger partial charge in [0.15, 0.2) is 0 Å². The van der Waals surface area contributed by atoms with E-state index in [2.05, 4.69) is 22.2 Å². The Balaban J connectivity index is 1.57. The van der Waals surface area contributed by atoms with Gasteiger partial charge in [-0.25, -0.2) is 0 Å². The molecule has 1 N–H and O–H groups in total. The Labute approximate surface area is 191 Å². The second-order valence-corrected chi connectivity index (χ2v) is 8.66. The van der Waals surface area contributed by atoms with Gasteiger partial charge in [-0.05, 0) is 62.4 Å². The molecule has 2 aliphatic heterocycles. The first-order valence-corrected chi connectivity index (χ1v) is 11.0. The average Bonchev–Trinajstić information content (AvgIpc) is 3.20. The highest BCUT2D eigenvalue weighted by molar-refractivity contribution is 6.06. The number of piperazine rings is 1. The number of likely N-dealkylation sites (N-methyl/N-ethyl adjacent to an activating group) is 1. The molecule has 0 aromatic heterocycles. The fourth-order valence-electron chi connectivity index (χ4n) is 4.23. The maximum absolute atomic E-state index is 13.5. The number of halogens is 3. The molecule has 9 heteroatoms. The van der Waals surface area contributed by atoms with Crippen LogP contribution in [0.1, 0.15) is 34.3 Å². The number of carbonyl (C=O) groups excluding carboxylic acids is 2. The molecule has 2 aliphatic rings. The van der Waals surface area contributed by atoms with Crippen LogP contribution in [0.25, 0.3) is 0 Å². The number of hydrogen-bond donors (Lipinski definition) is 1. The Hall–Kier alpha value is -3.07. The van der Waals surface area contributed by atoms with Gasteiger partial charge in [-0.15, -0.1) is 0 Å². The lowest BCUT2D eigenvalue weighted by Gasteiger charge is -2.34. The number of nitrogens with one attached hydrogen (secondary N) is 1. The minimum atomic E-state index is -4.63. The first-order chi connectivity index (χ1) is 15.6. The Bertz CT molecular complexity index is 1060. The van der Waals surface area contributed by atoms with Crippen molar-refractivity contribution in [2.24, 2.45) is 0 Å². The zero-order valence-corrected chi connectivity index (χ0v) is 18.7. The van der Waals surface area contributed by atoms with E-state index in [0.29, 0.717) is 18.7 Å². The number of alkyl halides is 3. The van der Waals surface area contributed by atoms with Crippen LogP contribution in [0, 0.1) is 6.92 Å². The van der Waals surface area contributed by atoms with Gasteiger partial charge in [0, 0.05) is 61.8 Å². The molecule has 33 heavy (non-hydrogen) atoms. The van der Waals surface area contributed by atoms with E-state index in [-0.39, 0.29) is 23.6 Å². The fraction of sp³-hybridized carbons (Fsp3) is 0.417. The molecule has 2 aromatic rings. The predicted octanol–water partition coefficient (Wildman–Crippen LogP) is 4.14. The van der Waals surface area contributed by atoms with E-state index in [0.717, 1.165) is 49.6 Å². The van der Waals surface area contributed by atoms with Crippen LogP contribution < -0.4 is 15.1 Å². The average molecular weight is 461 g/mol. The zero-order valence-electron chi connectivity index (χ0n) is 18.7. The van der Waals surface area contributed by atoms with Crippen molar-refractivity contribution >= 4 is 28.9 Å². The summed E-state index contributed by atoms with van der Waals surface area (Å²) in [6, 6.07) is 8.76.